The largest absolute Gasteiger partial charge is 0.478 e. The molecule has 9 nitrogen and oxygen atoms in total. The zero-order valence-electron chi connectivity index (χ0n) is 32.5. The molecule has 3 heterocycles. The highest BCUT2D eigenvalue weighted by atomic mass is 16.6. The molecule has 0 saturated carbocycles. The number of piperidine rings is 2. The van der Waals surface area contributed by atoms with Crippen molar-refractivity contribution in [3.63, 3.8) is 0 Å². The number of likely N-dealkylation sites (tertiary alicyclic amines) is 2. The molecule has 0 radical (unpaired) electrons. The van der Waals surface area contributed by atoms with Gasteiger partial charge in [-0.25, -0.2) is 9.59 Å². The second-order valence-corrected chi connectivity index (χ2v) is 17.5. The third-order valence-electron chi connectivity index (χ3n) is 12.2. The van der Waals surface area contributed by atoms with Crippen molar-refractivity contribution in [1.82, 2.24) is 14.7 Å². The Morgan fingerprint density at radius 3 is 2.19 bits per heavy atom. The number of rotatable bonds is 7. The molecule has 3 amide bonds. The molecule has 1 unspecified atom stereocenters. The summed E-state index contributed by atoms with van der Waals surface area (Å²) in [6.45, 7) is 15.9. The summed E-state index contributed by atoms with van der Waals surface area (Å²) in [5.41, 5.74) is 3.02. The van der Waals surface area contributed by atoms with Gasteiger partial charge in [0.2, 0.25) is 11.8 Å². The summed E-state index contributed by atoms with van der Waals surface area (Å²) in [5.74, 6) is -0.415. The minimum Gasteiger partial charge on any atom is -0.478 e. The summed E-state index contributed by atoms with van der Waals surface area (Å²) < 4.78 is 5.60. The Kier molecular flexibility index (Phi) is 10.7. The minimum atomic E-state index is -0.935. The van der Waals surface area contributed by atoms with E-state index in [0.717, 1.165) is 36.8 Å². The van der Waals surface area contributed by atoms with Gasteiger partial charge in [-0.15, -0.1) is 0 Å². The molecular weight excluding hydrogens is 666 g/mol. The molecule has 1 aliphatic carbocycles. The standard InChI is InChI=1S/C44H57N3O6/c1-41(2,3)53-40(52)46-25-10-11-31(29-46)14-19-37(48)45-27-23-44(24-28-45,34-12-8-7-9-13-34)39(51)47-26-21-36-42(4,5)35(20-22-43(36,6)30-47)32-15-17-33(18-16-32)38(49)50/h7-9,12-13,15-18,20-21,31H,10-11,14,19,22-30H2,1-6H3,(H,49,50)/t31?,43-/m1/s1. The molecule has 2 aromatic rings. The van der Waals surface area contributed by atoms with Crippen LogP contribution in [-0.4, -0.2) is 88.6 Å². The van der Waals surface area contributed by atoms with Crippen LogP contribution in [0.5, 0.6) is 0 Å². The molecule has 2 fully saturated rings. The first-order chi connectivity index (χ1) is 25.0. The monoisotopic (exact) mass is 723 g/mol. The molecule has 9 heteroatoms. The Labute approximate surface area is 315 Å². The Hall–Kier alpha value is -4.40. The van der Waals surface area contributed by atoms with Gasteiger partial charge in [0.05, 0.1) is 11.0 Å². The lowest BCUT2D eigenvalue weighted by molar-refractivity contribution is -0.144. The van der Waals surface area contributed by atoms with E-state index >= 15 is 0 Å². The maximum atomic E-state index is 14.9. The average molecular weight is 724 g/mol. The Balaban J connectivity index is 1.12. The lowest BCUT2D eigenvalue weighted by Crippen LogP contribution is -2.57. The second kappa shape index (κ2) is 14.8. The van der Waals surface area contributed by atoms with E-state index in [1.165, 1.54) is 11.1 Å². The topological polar surface area (TPSA) is 107 Å². The van der Waals surface area contributed by atoms with Crippen LogP contribution in [0, 0.1) is 16.7 Å². The highest BCUT2D eigenvalue weighted by Gasteiger charge is 2.51. The van der Waals surface area contributed by atoms with E-state index in [-0.39, 0.29) is 40.2 Å². The highest BCUT2D eigenvalue weighted by Crippen LogP contribution is 2.55. The first-order valence-electron chi connectivity index (χ1n) is 19.4. The first kappa shape index (κ1) is 38.3. The lowest BCUT2D eigenvalue weighted by Gasteiger charge is -2.52. The van der Waals surface area contributed by atoms with E-state index in [0.29, 0.717) is 58.5 Å². The van der Waals surface area contributed by atoms with Crippen LogP contribution in [0.25, 0.3) is 5.57 Å². The molecule has 4 aliphatic rings. The van der Waals surface area contributed by atoms with E-state index in [9.17, 15) is 24.3 Å². The van der Waals surface area contributed by atoms with Crippen LogP contribution in [0.2, 0.25) is 0 Å². The van der Waals surface area contributed by atoms with Crippen molar-refractivity contribution in [3.05, 3.63) is 89.0 Å². The van der Waals surface area contributed by atoms with Crippen LogP contribution in [0.3, 0.4) is 0 Å². The van der Waals surface area contributed by atoms with E-state index in [4.69, 9.17) is 4.74 Å². The van der Waals surface area contributed by atoms with Crippen molar-refractivity contribution in [1.29, 1.82) is 0 Å². The quantitative estimate of drug-likeness (QED) is 0.291. The summed E-state index contributed by atoms with van der Waals surface area (Å²) in [6.07, 6.45) is 9.26. The summed E-state index contributed by atoms with van der Waals surface area (Å²) in [4.78, 5) is 58.4. The number of amides is 3. The molecule has 0 aromatic heterocycles. The summed E-state index contributed by atoms with van der Waals surface area (Å²) in [7, 11) is 0. The molecule has 2 atom stereocenters. The van der Waals surface area contributed by atoms with Crippen LogP contribution >= 0.6 is 0 Å². The molecule has 1 N–H and O–H groups in total. The van der Waals surface area contributed by atoms with Gasteiger partial charge < -0.3 is 24.5 Å². The Bertz CT molecular complexity index is 1760. The van der Waals surface area contributed by atoms with Crippen molar-refractivity contribution in [2.45, 2.75) is 97.5 Å². The number of nitrogens with zero attached hydrogens (tertiary/aromatic N) is 3. The van der Waals surface area contributed by atoms with Gasteiger partial charge in [0.25, 0.3) is 0 Å². The number of carboxylic acids is 1. The van der Waals surface area contributed by atoms with Gasteiger partial charge in [-0.2, -0.15) is 0 Å². The molecule has 284 valence electrons. The molecule has 3 aliphatic heterocycles. The predicted octanol–water partition coefficient (Wildman–Crippen LogP) is 7.96. The number of fused-ring (bicyclic) bond motifs is 1. The van der Waals surface area contributed by atoms with Gasteiger partial charge in [0.1, 0.15) is 5.60 Å². The zero-order valence-corrected chi connectivity index (χ0v) is 32.5. The maximum Gasteiger partial charge on any atom is 0.410 e. The van der Waals surface area contributed by atoms with Crippen molar-refractivity contribution in [2.24, 2.45) is 16.7 Å². The molecular formula is C44H57N3O6. The number of benzene rings is 2. The van der Waals surface area contributed by atoms with Crippen LogP contribution in [0.1, 0.15) is 108 Å². The molecule has 2 saturated heterocycles. The van der Waals surface area contributed by atoms with Crippen molar-refractivity contribution in [3.8, 4) is 0 Å². The number of carbonyl (C=O) groups excluding carboxylic acids is 3. The van der Waals surface area contributed by atoms with E-state index in [1.54, 1.807) is 17.0 Å². The van der Waals surface area contributed by atoms with Crippen molar-refractivity contribution in [2.75, 3.05) is 39.3 Å². The van der Waals surface area contributed by atoms with E-state index < -0.39 is 17.0 Å². The second-order valence-electron chi connectivity index (χ2n) is 17.5. The fourth-order valence-electron chi connectivity index (χ4n) is 9.46. The number of carboxylic acid groups (broad SMARTS) is 1. The van der Waals surface area contributed by atoms with Gasteiger partial charge in [-0.3, -0.25) is 9.59 Å². The van der Waals surface area contributed by atoms with Crippen LogP contribution in [0.4, 0.5) is 4.79 Å². The fourth-order valence-corrected chi connectivity index (χ4v) is 9.46. The third kappa shape index (κ3) is 7.95. The van der Waals surface area contributed by atoms with E-state index in [2.05, 4.69) is 45.1 Å². The molecule has 2 aromatic carbocycles. The molecule has 53 heavy (non-hydrogen) atoms. The molecule has 6 rings (SSSR count). The zero-order chi connectivity index (χ0) is 38.2. The number of ether oxygens (including phenoxy) is 1. The number of hydrogen-bond acceptors (Lipinski definition) is 5. The summed E-state index contributed by atoms with van der Waals surface area (Å²) >= 11 is 0. The van der Waals surface area contributed by atoms with Crippen molar-refractivity contribution >= 4 is 29.5 Å². The minimum absolute atomic E-state index is 0.121. The predicted molar refractivity (Wildman–Crippen MR) is 206 cm³/mol. The average Bonchev–Trinajstić information content (AvgIpc) is 3.13. The SMILES string of the molecule is CC(C)(C)OC(=O)N1CCCC(CCC(=O)N2CCC(C(=O)N3CC=C4C(C)(C)C(c5ccc(C(=O)O)cc5)=CC[C@]4(C)C3)(c3ccccc3)CC2)C1. The number of carbonyl (C=O) groups is 4. The first-order valence-corrected chi connectivity index (χ1v) is 19.4. The van der Waals surface area contributed by atoms with Gasteiger partial charge in [-0.05, 0) is 94.0 Å². The van der Waals surface area contributed by atoms with Crippen LogP contribution in [-0.2, 0) is 19.7 Å². The Morgan fingerprint density at radius 2 is 1.55 bits per heavy atom. The van der Waals surface area contributed by atoms with Crippen molar-refractivity contribution < 1.29 is 29.0 Å². The fraction of sp³-hybridized carbons (Fsp3) is 0.545. The van der Waals surface area contributed by atoms with Gasteiger partial charge in [0.15, 0.2) is 0 Å². The van der Waals surface area contributed by atoms with Gasteiger partial charge in [-0.1, -0.05) is 81.0 Å². The van der Waals surface area contributed by atoms with Gasteiger partial charge in [0, 0.05) is 56.5 Å². The lowest BCUT2D eigenvalue weighted by atomic mass is 9.58. The number of allylic oxidation sites excluding steroid dienone is 2. The normalized spacial score (nSPS) is 24.0. The smallest absolute Gasteiger partial charge is 0.410 e. The van der Waals surface area contributed by atoms with Gasteiger partial charge >= 0.3 is 12.1 Å². The Morgan fingerprint density at radius 1 is 0.868 bits per heavy atom. The summed E-state index contributed by atoms with van der Waals surface area (Å²) in [6, 6.07) is 17.2. The third-order valence-corrected chi connectivity index (χ3v) is 12.2. The molecule has 0 bridgehead atoms. The molecule has 0 spiro atoms. The maximum absolute atomic E-state index is 14.9. The summed E-state index contributed by atoms with van der Waals surface area (Å²) in [5, 5.41) is 9.39. The number of aromatic carboxylic acids is 1. The van der Waals surface area contributed by atoms with E-state index in [1.807, 2.05) is 60.9 Å². The van der Waals surface area contributed by atoms with Crippen LogP contribution < -0.4 is 0 Å². The number of hydrogen-bond donors (Lipinski definition) is 1. The van der Waals surface area contributed by atoms with Crippen LogP contribution in [0.15, 0.2) is 72.3 Å². The highest BCUT2D eigenvalue weighted by molar-refractivity contribution is 5.90.